The molecule has 0 saturated carbocycles. The number of unbranched alkanes of at least 4 members (excludes halogenated alkanes) is 7. The predicted octanol–water partition coefficient (Wildman–Crippen LogP) is 3.55. The van der Waals surface area contributed by atoms with Crippen LogP contribution in [-0.4, -0.2) is 17.2 Å². The highest BCUT2D eigenvalue weighted by molar-refractivity contribution is 6.27. The molecule has 0 aromatic rings. The average molecular weight is 213 g/mol. The van der Waals surface area contributed by atoms with Gasteiger partial charge in [-0.3, -0.25) is 4.79 Å². The van der Waals surface area contributed by atoms with Crippen LogP contribution in [0.5, 0.6) is 0 Å². The van der Waals surface area contributed by atoms with Crippen LogP contribution >= 0.6 is 0 Å². The standard InChI is InChI=1S/C12H23NO2/c1-2-3-4-5-6-7-8-9-10-12(11-14)13-15/h11,15H,2-10H2,1H3/b13-12+. The number of hydrogen-bond acceptors (Lipinski definition) is 3. The van der Waals surface area contributed by atoms with Crippen LogP contribution in [0, 0.1) is 0 Å². The molecule has 0 unspecified atom stereocenters. The van der Waals surface area contributed by atoms with Crippen molar-refractivity contribution in [1.82, 2.24) is 0 Å². The SMILES string of the molecule is CCCCCCCCCC/C(C=O)=N\O. The number of carbonyl (C=O) groups excluding carboxylic acids is 1. The van der Waals surface area contributed by atoms with Gasteiger partial charge in [0.15, 0.2) is 6.29 Å². The van der Waals surface area contributed by atoms with Gasteiger partial charge in [-0.2, -0.15) is 0 Å². The molecule has 0 aliphatic carbocycles. The molecule has 0 heterocycles. The van der Waals surface area contributed by atoms with Gasteiger partial charge < -0.3 is 5.21 Å². The van der Waals surface area contributed by atoms with Crippen LogP contribution in [0.25, 0.3) is 0 Å². The third-order valence-corrected chi connectivity index (χ3v) is 2.55. The maximum Gasteiger partial charge on any atom is 0.167 e. The van der Waals surface area contributed by atoms with Crippen LogP contribution < -0.4 is 0 Å². The normalized spacial score (nSPS) is 11.7. The molecule has 88 valence electrons. The summed E-state index contributed by atoms with van der Waals surface area (Å²) in [6.07, 6.45) is 11.1. The van der Waals surface area contributed by atoms with E-state index in [4.69, 9.17) is 5.21 Å². The minimum absolute atomic E-state index is 0.265. The first kappa shape index (κ1) is 14.1. The molecule has 1 N–H and O–H groups in total. The summed E-state index contributed by atoms with van der Waals surface area (Å²) in [5.41, 5.74) is 0.265. The van der Waals surface area contributed by atoms with Crippen molar-refractivity contribution in [2.75, 3.05) is 0 Å². The third kappa shape index (κ3) is 9.44. The largest absolute Gasteiger partial charge is 0.411 e. The third-order valence-electron chi connectivity index (χ3n) is 2.55. The zero-order valence-electron chi connectivity index (χ0n) is 9.74. The zero-order chi connectivity index (χ0) is 11.4. The molecule has 0 aliphatic heterocycles. The monoisotopic (exact) mass is 213 g/mol. The highest BCUT2D eigenvalue weighted by Gasteiger charge is 1.97. The second-order valence-corrected chi connectivity index (χ2v) is 3.93. The van der Waals surface area contributed by atoms with Gasteiger partial charge in [0.1, 0.15) is 5.71 Å². The molecule has 0 aromatic carbocycles. The Morgan fingerprint density at radius 1 is 1.07 bits per heavy atom. The minimum atomic E-state index is 0.265. The van der Waals surface area contributed by atoms with Gasteiger partial charge in [-0.05, 0) is 12.8 Å². The lowest BCUT2D eigenvalue weighted by atomic mass is 10.1. The maximum atomic E-state index is 10.3. The van der Waals surface area contributed by atoms with Gasteiger partial charge >= 0.3 is 0 Å². The van der Waals surface area contributed by atoms with E-state index >= 15 is 0 Å². The summed E-state index contributed by atoms with van der Waals surface area (Å²) < 4.78 is 0. The van der Waals surface area contributed by atoms with Gasteiger partial charge in [0.25, 0.3) is 0 Å². The lowest BCUT2D eigenvalue weighted by Gasteiger charge is -2.00. The molecule has 0 radical (unpaired) electrons. The Morgan fingerprint density at radius 2 is 1.60 bits per heavy atom. The van der Waals surface area contributed by atoms with Crippen molar-refractivity contribution in [1.29, 1.82) is 0 Å². The van der Waals surface area contributed by atoms with E-state index in [0.29, 0.717) is 12.7 Å². The number of hydrogen-bond donors (Lipinski definition) is 1. The summed E-state index contributed by atoms with van der Waals surface area (Å²) in [4.78, 5) is 10.3. The Morgan fingerprint density at radius 3 is 2.07 bits per heavy atom. The minimum Gasteiger partial charge on any atom is -0.411 e. The topological polar surface area (TPSA) is 49.7 Å². The lowest BCUT2D eigenvalue weighted by molar-refractivity contribution is -0.102. The van der Waals surface area contributed by atoms with Crippen molar-refractivity contribution in [3.63, 3.8) is 0 Å². The first-order valence-corrected chi connectivity index (χ1v) is 6.01. The molecule has 0 bridgehead atoms. The molecule has 0 atom stereocenters. The van der Waals surface area contributed by atoms with Crippen molar-refractivity contribution in [2.24, 2.45) is 5.16 Å². The molecule has 0 spiro atoms. The van der Waals surface area contributed by atoms with Crippen LogP contribution in [0.3, 0.4) is 0 Å². The van der Waals surface area contributed by atoms with Crippen LogP contribution in [0.1, 0.15) is 64.7 Å². The van der Waals surface area contributed by atoms with Crippen molar-refractivity contribution in [2.45, 2.75) is 64.7 Å². The van der Waals surface area contributed by atoms with E-state index in [-0.39, 0.29) is 5.71 Å². The number of aldehydes is 1. The van der Waals surface area contributed by atoms with Gasteiger partial charge in [-0.1, -0.05) is 57.0 Å². The predicted molar refractivity (Wildman–Crippen MR) is 62.5 cm³/mol. The maximum absolute atomic E-state index is 10.3. The summed E-state index contributed by atoms with van der Waals surface area (Å²) in [6.45, 7) is 2.22. The summed E-state index contributed by atoms with van der Waals surface area (Å²) in [5, 5.41) is 11.3. The van der Waals surface area contributed by atoms with Crippen molar-refractivity contribution in [3.05, 3.63) is 0 Å². The lowest BCUT2D eigenvalue weighted by Crippen LogP contribution is -1.99. The van der Waals surface area contributed by atoms with E-state index in [1.807, 2.05) is 0 Å². The quantitative estimate of drug-likeness (QED) is 0.198. The summed E-state index contributed by atoms with van der Waals surface area (Å²) in [5.74, 6) is 0. The van der Waals surface area contributed by atoms with Crippen LogP contribution in [0.15, 0.2) is 5.16 Å². The smallest absolute Gasteiger partial charge is 0.167 e. The van der Waals surface area contributed by atoms with Crippen LogP contribution in [0.4, 0.5) is 0 Å². The van der Waals surface area contributed by atoms with Gasteiger partial charge in [0.2, 0.25) is 0 Å². The molecular formula is C12H23NO2. The molecular weight excluding hydrogens is 190 g/mol. The van der Waals surface area contributed by atoms with E-state index in [1.54, 1.807) is 0 Å². The average Bonchev–Trinajstić information content (AvgIpc) is 2.27. The highest BCUT2D eigenvalue weighted by atomic mass is 16.4. The molecule has 0 aromatic heterocycles. The summed E-state index contributed by atoms with van der Waals surface area (Å²) >= 11 is 0. The van der Waals surface area contributed by atoms with Crippen LogP contribution in [-0.2, 0) is 4.79 Å². The molecule has 0 rings (SSSR count). The van der Waals surface area contributed by atoms with E-state index in [9.17, 15) is 4.79 Å². The molecule has 0 aliphatic rings. The van der Waals surface area contributed by atoms with Crippen molar-refractivity contribution >= 4 is 12.0 Å². The van der Waals surface area contributed by atoms with Crippen LogP contribution in [0.2, 0.25) is 0 Å². The Balaban J connectivity index is 3.14. The molecule has 3 heteroatoms. The Hall–Kier alpha value is -0.860. The molecule has 15 heavy (non-hydrogen) atoms. The number of carbonyl (C=O) groups is 1. The number of rotatable bonds is 10. The fourth-order valence-electron chi connectivity index (χ4n) is 1.57. The second-order valence-electron chi connectivity index (χ2n) is 3.93. The Kier molecular flexibility index (Phi) is 10.6. The fourth-order valence-corrected chi connectivity index (χ4v) is 1.57. The van der Waals surface area contributed by atoms with Crippen molar-refractivity contribution in [3.8, 4) is 0 Å². The van der Waals surface area contributed by atoms with E-state index in [1.165, 1.54) is 38.5 Å². The van der Waals surface area contributed by atoms with E-state index in [2.05, 4.69) is 12.1 Å². The second kappa shape index (κ2) is 11.2. The Bertz CT molecular complexity index is 178. The molecule has 3 nitrogen and oxygen atoms in total. The van der Waals surface area contributed by atoms with Gasteiger partial charge in [0, 0.05) is 0 Å². The number of nitrogens with zero attached hydrogens (tertiary/aromatic N) is 1. The first-order valence-electron chi connectivity index (χ1n) is 6.01. The van der Waals surface area contributed by atoms with Crippen molar-refractivity contribution < 1.29 is 10.0 Å². The fraction of sp³-hybridized carbons (Fsp3) is 0.833. The molecule has 0 amide bonds. The van der Waals surface area contributed by atoms with E-state index < -0.39 is 0 Å². The summed E-state index contributed by atoms with van der Waals surface area (Å²) in [7, 11) is 0. The first-order chi connectivity index (χ1) is 7.35. The molecule has 0 fully saturated rings. The Labute approximate surface area is 92.6 Å². The highest BCUT2D eigenvalue weighted by Crippen LogP contribution is 2.09. The van der Waals surface area contributed by atoms with Gasteiger partial charge in [-0.15, -0.1) is 0 Å². The summed E-state index contributed by atoms with van der Waals surface area (Å²) in [6, 6.07) is 0. The van der Waals surface area contributed by atoms with Gasteiger partial charge in [0.05, 0.1) is 0 Å². The molecule has 0 saturated heterocycles. The van der Waals surface area contributed by atoms with Gasteiger partial charge in [-0.25, -0.2) is 0 Å². The van der Waals surface area contributed by atoms with E-state index in [0.717, 1.165) is 12.8 Å². The zero-order valence-corrected chi connectivity index (χ0v) is 9.74. The number of oxime groups is 1.